The van der Waals surface area contributed by atoms with Crippen LogP contribution in [0.3, 0.4) is 0 Å². The molecule has 0 aliphatic rings. The van der Waals surface area contributed by atoms with Gasteiger partial charge in [0, 0.05) is 12.5 Å². The summed E-state index contributed by atoms with van der Waals surface area (Å²) in [5, 5.41) is 0. The lowest BCUT2D eigenvalue weighted by Gasteiger charge is -2.06. The minimum atomic E-state index is -0.590. The van der Waals surface area contributed by atoms with Crippen molar-refractivity contribution < 1.29 is 18.7 Å². The van der Waals surface area contributed by atoms with Crippen LogP contribution < -0.4 is 0 Å². The molecule has 3 nitrogen and oxygen atoms in total. The maximum atomic E-state index is 12.9. The molecule has 0 heterocycles. The first-order valence-electron chi connectivity index (χ1n) is 6.31. The number of hydrogen-bond acceptors (Lipinski definition) is 3. The highest BCUT2D eigenvalue weighted by Gasteiger charge is 2.15. The molecule has 2 rings (SSSR count). The van der Waals surface area contributed by atoms with Crippen molar-refractivity contribution in [3.8, 4) is 0 Å². The number of ketones is 1. The standard InChI is InChI=1S/C17H13FO3/c1-12(19)21-16(11-13-7-9-15(18)10-8-13)17(20)14-5-3-2-4-6-14/h2-11H,1H3/b16-11-. The average molecular weight is 284 g/mol. The largest absolute Gasteiger partial charge is 0.422 e. The number of benzene rings is 2. The van der Waals surface area contributed by atoms with Crippen molar-refractivity contribution in [3.63, 3.8) is 0 Å². The van der Waals surface area contributed by atoms with Crippen LogP contribution in [0.4, 0.5) is 4.39 Å². The molecule has 0 atom stereocenters. The van der Waals surface area contributed by atoms with Crippen LogP contribution in [-0.4, -0.2) is 11.8 Å². The Morgan fingerprint density at radius 3 is 2.19 bits per heavy atom. The van der Waals surface area contributed by atoms with Crippen molar-refractivity contribution in [1.29, 1.82) is 0 Å². The van der Waals surface area contributed by atoms with Gasteiger partial charge in [0.25, 0.3) is 0 Å². The van der Waals surface area contributed by atoms with E-state index in [1.54, 1.807) is 30.3 Å². The zero-order chi connectivity index (χ0) is 15.2. The maximum absolute atomic E-state index is 12.9. The second-order valence-electron chi connectivity index (χ2n) is 4.35. The van der Waals surface area contributed by atoms with E-state index in [0.717, 1.165) is 0 Å². The lowest BCUT2D eigenvalue weighted by molar-refractivity contribution is -0.136. The number of Topliss-reactive ketones (excluding diaryl/α,β-unsaturated/α-hetero) is 1. The predicted molar refractivity (Wildman–Crippen MR) is 76.9 cm³/mol. The van der Waals surface area contributed by atoms with E-state index in [9.17, 15) is 14.0 Å². The Morgan fingerprint density at radius 1 is 1.00 bits per heavy atom. The van der Waals surface area contributed by atoms with E-state index in [1.807, 2.05) is 0 Å². The molecular weight excluding hydrogens is 271 g/mol. The molecule has 0 aliphatic carbocycles. The third kappa shape index (κ3) is 4.11. The summed E-state index contributed by atoms with van der Waals surface area (Å²) in [4.78, 5) is 23.5. The van der Waals surface area contributed by atoms with Crippen molar-refractivity contribution >= 4 is 17.8 Å². The van der Waals surface area contributed by atoms with Crippen LogP contribution in [0.25, 0.3) is 6.08 Å². The molecule has 2 aromatic rings. The van der Waals surface area contributed by atoms with Crippen molar-refractivity contribution in [2.24, 2.45) is 0 Å². The van der Waals surface area contributed by atoms with Gasteiger partial charge in [0.15, 0.2) is 5.76 Å². The number of hydrogen-bond donors (Lipinski definition) is 0. The van der Waals surface area contributed by atoms with Crippen LogP contribution in [0.15, 0.2) is 60.4 Å². The molecule has 0 fully saturated rings. The first-order chi connectivity index (χ1) is 10.1. The molecule has 0 spiro atoms. The van der Waals surface area contributed by atoms with Crippen molar-refractivity contribution in [1.82, 2.24) is 0 Å². The highest BCUT2D eigenvalue weighted by atomic mass is 19.1. The lowest BCUT2D eigenvalue weighted by atomic mass is 10.1. The molecule has 0 aromatic heterocycles. The fraction of sp³-hybridized carbons (Fsp3) is 0.0588. The minimum absolute atomic E-state index is 0.0969. The van der Waals surface area contributed by atoms with Gasteiger partial charge in [-0.3, -0.25) is 9.59 Å². The second kappa shape index (κ2) is 6.61. The molecular formula is C17H13FO3. The Balaban J connectivity index is 2.36. The maximum Gasteiger partial charge on any atom is 0.308 e. The fourth-order valence-electron chi connectivity index (χ4n) is 1.74. The fourth-order valence-corrected chi connectivity index (χ4v) is 1.74. The number of carbonyl (C=O) groups excluding carboxylic acids is 2. The van der Waals surface area contributed by atoms with Crippen LogP contribution in [-0.2, 0) is 9.53 Å². The number of carbonyl (C=O) groups is 2. The van der Waals surface area contributed by atoms with Gasteiger partial charge in [-0.1, -0.05) is 42.5 Å². The molecule has 0 saturated heterocycles. The number of ether oxygens (including phenoxy) is 1. The van der Waals surface area contributed by atoms with Crippen molar-refractivity contribution in [2.75, 3.05) is 0 Å². The zero-order valence-electron chi connectivity index (χ0n) is 11.4. The van der Waals surface area contributed by atoms with E-state index in [1.165, 1.54) is 37.3 Å². The van der Waals surface area contributed by atoms with E-state index < -0.39 is 11.8 Å². The Bertz CT molecular complexity index is 673. The molecule has 0 radical (unpaired) electrons. The summed E-state index contributed by atoms with van der Waals surface area (Å²) >= 11 is 0. The van der Waals surface area contributed by atoms with Gasteiger partial charge in [0.05, 0.1) is 0 Å². The molecule has 4 heteroatoms. The van der Waals surface area contributed by atoms with Crippen molar-refractivity contribution in [3.05, 3.63) is 77.3 Å². The van der Waals surface area contributed by atoms with Crippen LogP contribution in [0, 0.1) is 5.82 Å². The van der Waals surface area contributed by atoms with E-state index in [2.05, 4.69) is 0 Å². The molecule has 0 amide bonds. The van der Waals surface area contributed by atoms with Crippen LogP contribution >= 0.6 is 0 Å². The summed E-state index contributed by atoms with van der Waals surface area (Å²) < 4.78 is 17.9. The topological polar surface area (TPSA) is 43.4 Å². The second-order valence-corrected chi connectivity index (χ2v) is 4.35. The SMILES string of the molecule is CC(=O)O/C(=C\c1ccc(F)cc1)C(=O)c1ccccc1. The monoisotopic (exact) mass is 284 g/mol. The molecule has 0 aliphatic heterocycles. The third-order valence-electron chi connectivity index (χ3n) is 2.68. The van der Waals surface area contributed by atoms with Gasteiger partial charge < -0.3 is 4.74 Å². The summed E-state index contributed by atoms with van der Waals surface area (Å²) in [7, 11) is 0. The number of halogens is 1. The van der Waals surface area contributed by atoms with Crippen LogP contribution in [0.1, 0.15) is 22.8 Å². The van der Waals surface area contributed by atoms with E-state index >= 15 is 0 Å². The predicted octanol–water partition coefficient (Wildman–Crippen LogP) is 3.61. The minimum Gasteiger partial charge on any atom is -0.422 e. The molecule has 0 unspecified atom stereocenters. The average Bonchev–Trinajstić information content (AvgIpc) is 2.48. The summed E-state index contributed by atoms with van der Waals surface area (Å²) in [5.41, 5.74) is 0.976. The zero-order valence-corrected chi connectivity index (χ0v) is 11.4. The smallest absolute Gasteiger partial charge is 0.308 e. The molecule has 2 aromatic carbocycles. The summed E-state index contributed by atoms with van der Waals surface area (Å²) in [6.45, 7) is 1.22. The first kappa shape index (κ1) is 14.7. The molecule has 0 bridgehead atoms. The highest BCUT2D eigenvalue weighted by Crippen LogP contribution is 2.15. The molecule has 106 valence electrons. The Labute approximate surface area is 121 Å². The van der Waals surface area contributed by atoms with Crippen LogP contribution in [0.5, 0.6) is 0 Å². The molecule has 21 heavy (non-hydrogen) atoms. The number of allylic oxidation sites excluding steroid dienone is 1. The number of rotatable bonds is 4. The lowest BCUT2D eigenvalue weighted by Crippen LogP contribution is -2.10. The normalized spacial score (nSPS) is 11.0. The molecule has 0 saturated carbocycles. The van der Waals surface area contributed by atoms with E-state index in [4.69, 9.17) is 4.74 Å². The quantitative estimate of drug-likeness (QED) is 0.373. The van der Waals surface area contributed by atoms with Gasteiger partial charge in [-0.25, -0.2) is 4.39 Å². The third-order valence-corrected chi connectivity index (χ3v) is 2.68. The highest BCUT2D eigenvalue weighted by molar-refractivity contribution is 6.10. The Hall–Kier alpha value is -2.75. The summed E-state index contributed by atoms with van der Waals surface area (Å²) in [6, 6.07) is 14.0. The summed E-state index contributed by atoms with van der Waals surface area (Å²) in [5.74, 6) is -1.47. The first-order valence-corrected chi connectivity index (χ1v) is 6.31. The van der Waals surface area contributed by atoms with Gasteiger partial charge in [-0.2, -0.15) is 0 Å². The van der Waals surface area contributed by atoms with Crippen LogP contribution in [0.2, 0.25) is 0 Å². The van der Waals surface area contributed by atoms with E-state index in [0.29, 0.717) is 11.1 Å². The van der Waals surface area contributed by atoms with Gasteiger partial charge in [-0.05, 0) is 23.8 Å². The summed E-state index contributed by atoms with van der Waals surface area (Å²) in [6.07, 6.45) is 1.41. The Morgan fingerprint density at radius 2 is 1.62 bits per heavy atom. The van der Waals surface area contributed by atoms with Gasteiger partial charge >= 0.3 is 5.97 Å². The van der Waals surface area contributed by atoms with Gasteiger partial charge in [-0.15, -0.1) is 0 Å². The molecule has 0 N–H and O–H groups in total. The van der Waals surface area contributed by atoms with Gasteiger partial charge in [0.2, 0.25) is 5.78 Å². The number of esters is 1. The Kier molecular flexibility index (Phi) is 4.61. The van der Waals surface area contributed by atoms with Gasteiger partial charge in [0.1, 0.15) is 5.82 Å². The van der Waals surface area contributed by atoms with E-state index in [-0.39, 0.29) is 11.6 Å². The van der Waals surface area contributed by atoms with Crippen molar-refractivity contribution in [2.45, 2.75) is 6.92 Å².